The van der Waals surface area contributed by atoms with Gasteiger partial charge in [0.05, 0.1) is 18.3 Å². The van der Waals surface area contributed by atoms with Crippen molar-refractivity contribution in [2.24, 2.45) is 5.41 Å². The van der Waals surface area contributed by atoms with E-state index in [0.29, 0.717) is 13.0 Å². The minimum absolute atomic E-state index is 0.0615. The van der Waals surface area contributed by atoms with E-state index in [-0.39, 0.29) is 11.0 Å². The lowest BCUT2D eigenvalue weighted by molar-refractivity contribution is -0.115. The number of nitrogens with one attached hydrogen (secondary N) is 1. The Balaban J connectivity index is 1.92. The van der Waals surface area contributed by atoms with Gasteiger partial charge in [-0.25, -0.2) is 0 Å². The Hall–Kier alpha value is -1.20. The zero-order valence-corrected chi connectivity index (χ0v) is 11.1. The van der Waals surface area contributed by atoms with Gasteiger partial charge in [0.15, 0.2) is 0 Å². The Morgan fingerprint density at radius 3 is 2.89 bits per heavy atom. The summed E-state index contributed by atoms with van der Waals surface area (Å²) in [6, 6.07) is 0. The summed E-state index contributed by atoms with van der Waals surface area (Å²) in [5, 5.41) is 14.6. The van der Waals surface area contributed by atoms with Crippen LogP contribution >= 0.6 is 0 Å². The summed E-state index contributed by atoms with van der Waals surface area (Å²) in [5.74, 6) is 0. The fourth-order valence-corrected chi connectivity index (χ4v) is 3.78. The van der Waals surface area contributed by atoms with Gasteiger partial charge >= 0.3 is 0 Å². The van der Waals surface area contributed by atoms with Crippen molar-refractivity contribution in [1.29, 1.82) is 0 Å². The largest absolute Gasteiger partial charge is 0.387 e. The Labute approximate surface area is 112 Å². The Kier molecular flexibility index (Phi) is 3.19. The number of aliphatic hydroxyl groups is 1. The first kappa shape index (κ1) is 12.8. The van der Waals surface area contributed by atoms with Crippen molar-refractivity contribution in [1.82, 2.24) is 14.9 Å². The number of rotatable bonds is 2. The molecule has 2 fully saturated rings. The molecule has 1 aromatic heterocycles. The molecular weight excluding hydrogens is 242 g/mol. The maximum absolute atomic E-state index is 11.8. The molecule has 0 amide bonds. The smallest absolute Gasteiger partial charge is 0.269 e. The molecule has 1 aromatic rings. The Morgan fingerprint density at radius 2 is 2.16 bits per heavy atom. The number of aromatic nitrogens is 2. The molecule has 0 aromatic carbocycles. The molecule has 2 heterocycles. The molecule has 1 spiro atoms. The van der Waals surface area contributed by atoms with Gasteiger partial charge in [0, 0.05) is 24.4 Å². The molecule has 2 N–H and O–H groups in total. The molecule has 1 aliphatic heterocycles. The fraction of sp³-hybridized carbons (Fsp3) is 0.714. The lowest BCUT2D eigenvalue weighted by Gasteiger charge is -2.49. The summed E-state index contributed by atoms with van der Waals surface area (Å²) in [6.45, 7) is 2.07. The summed E-state index contributed by atoms with van der Waals surface area (Å²) in [7, 11) is 0. The summed E-state index contributed by atoms with van der Waals surface area (Å²) >= 11 is 0. The molecule has 0 radical (unpaired) electrons. The molecule has 2 aliphatic rings. The van der Waals surface area contributed by atoms with Crippen LogP contribution in [0, 0.1) is 5.41 Å². The van der Waals surface area contributed by atoms with Crippen LogP contribution in [-0.4, -0.2) is 33.3 Å². The van der Waals surface area contributed by atoms with E-state index in [2.05, 4.69) is 10.3 Å². The SMILES string of the molecule is O=c1cnccn1CC1(O)CCNCC12CCCC2. The van der Waals surface area contributed by atoms with Crippen LogP contribution in [0.5, 0.6) is 0 Å². The second-order valence-corrected chi connectivity index (χ2v) is 5.99. The molecule has 0 bridgehead atoms. The maximum Gasteiger partial charge on any atom is 0.269 e. The lowest BCUT2D eigenvalue weighted by Crippen LogP contribution is -2.60. The van der Waals surface area contributed by atoms with E-state index in [9.17, 15) is 9.90 Å². The average molecular weight is 263 g/mol. The van der Waals surface area contributed by atoms with Crippen molar-refractivity contribution in [3.05, 3.63) is 28.9 Å². The highest BCUT2D eigenvalue weighted by molar-refractivity contribution is 5.06. The van der Waals surface area contributed by atoms with Crippen LogP contribution in [0.25, 0.3) is 0 Å². The van der Waals surface area contributed by atoms with Gasteiger partial charge in [0.2, 0.25) is 0 Å². The molecule has 1 aliphatic carbocycles. The summed E-state index contributed by atoms with van der Waals surface area (Å²) < 4.78 is 1.60. The maximum atomic E-state index is 11.8. The number of nitrogens with zero attached hydrogens (tertiary/aromatic N) is 2. The standard InChI is InChI=1S/C14H21N3O2/c18-12-9-15-7-8-17(12)11-14(19)5-6-16-10-13(14)3-1-2-4-13/h7-9,16,19H,1-6,10-11H2. The second-order valence-electron chi connectivity index (χ2n) is 5.99. The van der Waals surface area contributed by atoms with Crippen LogP contribution in [0.3, 0.4) is 0 Å². The first-order valence-electron chi connectivity index (χ1n) is 7.09. The Morgan fingerprint density at radius 1 is 1.37 bits per heavy atom. The molecule has 3 rings (SSSR count). The van der Waals surface area contributed by atoms with Crippen molar-refractivity contribution in [3.8, 4) is 0 Å². The first-order valence-corrected chi connectivity index (χ1v) is 7.09. The first-order chi connectivity index (χ1) is 9.15. The third-order valence-corrected chi connectivity index (χ3v) is 4.96. The highest BCUT2D eigenvalue weighted by Gasteiger charge is 2.53. The van der Waals surface area contributed by atoms with E-state index < -0.39 is 5.60 Å². The molecule has 19 heavy (non-hydrogen) atoms. The van der Waals surface area contributed by atoms with Crippen molar-refractivity contribution < 1.29 is 5.11 Å². The normalized spacial score (nSPS) is 29.7. The van der Waals surface area contributed by atoms with Gasteiger partial charge in [-0.3, -0.25) is 9.78 Å². The molecule has 5 nitrogen and oxygen atoms in total. The molecule has 1 saturated carbocycles. The monoisotopic (exact) mass is 263 g/mol. The van der Waals surface area contributed by atoms with E-state index in [1.807, 2.05) is 0 Å². The predicted molar refractivity (Wildman–Crippen MR) is 71.8 cm³/mol. The van der Waals surface area contributed by atoms with Gasteiger partial charge in [-0.05, 0) is 25.8 Å². The minimum Gasteiger partial charge on any atom is -0.387 e. The van der Waals surface area contributed by atoms with Crippen LogP contribution < -0.4 is 10.9 Å². The third-order valence-electron chi connectivity index (χ3n) is 4.96. The summed E-state index contributed by atoms with van der Waals surface area (Å²) in [4.78, 5) is 15.6. The average Bonchev–Trinajstić information content (AvgIpc) is 2.87. The van der Waals surface area contributed by atoms with Gasteiger partial charge in [-0.15, -0.1) is 0 Å². The zero-order valence-electron chi connectivity index (χ0n) is 11.1. The van der Waals surface area contributed by atoms with E-state index in [1.54, 1.807) is 17.0 Å². The van der Waals surface area contributed by atoms with Gasteiger partial charge in [0.25, 0.3) is 5.56 Å². The Bertz CT molecular complexity index is 507. The highest BCUT2D eigenvalue weighted by Crippen LogP contribution is 2.49. The predicted octanol–water partition coefficient (Wildman–Crippen LogP) is 0.528. The van der Waals surface area contributed by atoms with Gasteiger partial charge in [-0.2, -0.15) is 0 Å². The van der Waals surface area contributed by atoms with Crippen molar-refractivity contribution in [2.45, 2.75) is 44.2 Å². The van der Waals surface area contributed by atoms with Gasteiger partial charge in [-0.1, -0.05) is 12.8 Å². The van der Waals surface area contributed by atoms with Crippen LogP contribution in [-0.2, 0) is 6.54 Å². The topological polar surface area (TPSA) is 67.2 Å². The molecule has 1 atom stereocenters. The van der Waals surface area contributed by atoms with Crippen molar-refractivity contribution in [2.75, 3.05) is 13.1 Å². The summed E-state index contributed by atoms with van der Waals surface area (Å²) in [5.41, 5.74) is -0.976. The minimum atomic E-state index is -0.778. The molecule has 104 valence electrons. The van der Waals surface area contributed by atoms with E-state index in [1.165, 1.54) is 19.0 Å². The summed E-state index contributed by atoms with van der Waals surface area (Å²) in [6.07, 6.45) is 9.75. The molecule has 1 saturated heterocycles. The van der Waals surface area contributed by atoms with Crippen LogP contribution in [0.2, 0.25) is 0 Å². The second kappa shape index (κ2) is 4.72. The highest BCUT2D eigenvalue weighted by atomic mass is 16.3. The molecular formula is C14H21N3O2. The van der Waals surface area contributed by atoms with E-state index in [0.717, 1.165) is 25.9 Å². The number of piperidine rings is 1. The number of hydrogen-bond acceptors (Lipinski definition) is 4. The van der Waals surface area contributed by atoms with E-state index >= 15 is 0 Å². The quantitative estimate of drug-likeness (QED) is 0.816. The lowest BCUT2D eigenvalue weighted by atomic mass is 9.66. The number of hydrogen-bond donors (Lipinski definition) is 2. The van der Waals surface area contributed by atoms with E-state index in [4.69, 9.17) is 0 Å². The van der Waals surface area contributed by atoms with Crippen LogP contribution in [0.15, 0.2) is 23.4 Å². The fourth-order valence-electron chi connectivity index (χ4n) is 3.78. The third kappa shape index (κ3) is 2.11. The molecule has 5 heteroatoms. The van der Waals surface area contributed by atoms with Crippen molar-refractivity contribution >= 4 is 0 Å². The van der Waals surface area contributed by atoms with Crippen molar-refractivity contribution in [3.63, 3.8) is 0 Å². The van der Waals surface area contributed by atoms with Gasteiger partial charge in [0.1, 0.15) is 0 Å². The van der Waals surface area contributed by atoms with Crippen LogP contribution in [0.4, 0.5) is 0 Å². The molecule has 1 unspecified atom stereocenters. The zero-order chi connectivity index (χ0) is 13.3. The van der Waals surface area contributed by atoms with Crippen LogP contribution in [0.1, 0.15) is 32.1 Å². The van der Waals surface area contributed by atoms with Gasteiger partial charge < -0.3 is 15.0 Å².